The van der Waals surface area contributed by atoms with Gasteiger partial charge in [0.25, 0.3) is 0 Å². The first-order valence-electron chi connectivity index (χ1n) is 6.96. The summed E-state index contributed by atoms with van der Waals surface area (Å²) in [7, 11) is -1.86. The molecule has 1 aliphatic heterocycles. The topological polar surface area (TPSA) is 84.9 Å². The molecular weight excluding hydrogens is 308 g/mol. The molecule has 7 nitrogen and oxygen atoms in total. The van der Waals surface area contributed by atoms with Crippen molar-refractivity contribution < 1.29 is 22.7 Å². The summed E-state index contributed by atoms with van der Waals surface area (Å²) in [5, 5.41) is 2.73. The summed E-state index contributed by atoms with van der Waals surface area (Å²) in [5.41, 5.74) is 1.07. The Morgan fingerprint density at radius 3 is 2.73 bits per heavy atom. The Kier molecular flexibility index (Phi) is 5.76. The fourth-order valence-corrected chi connectivity index (χ4v) is 3.22. The minimum absolute atomic E-state index is 0.158. The van der Waals surface area contributed by atoms with Crippen LogP contribution in [0.5, 0.6) is 5.75 Å². The third kappa shape index (κ3) is 4.69. The van der Waals surface area contributed by atoms with Crippen molar-refractivity contribution in [1.82, 2.24) is 9.62 Å². The van der Waals surface area contributed by atoms with Gasteiger partial charge in [0.15, 0.2) is 5.94 Å². The molecule has 22 heavy (non-hydrogen) atoms. The minimum atomic E-state index is -3.47. The molecule has 0 aromatic heterocycles. The van der Waals surface area contributed by atoms with Gasteiger partial charge in [0.05, 0.1) is 20.3 Å². The van der Waals surface area contributed by atoms with Gasteiger partial charge in [-0.1, -0.05) is 12.1 Å². The Labute approximate surface area is 130 Å². The molecule has 1 N–H and O–H groups in total. The quantitative estimate of drug-likeness (QED) is 0.793. The van der Waals surface area contributed by atoms with Gasteiger partial charge < -0.3 is 14.8 Å². The Hall–Kier alpha value is -1.64. The van der Waals surface area contributed by atoms with Gasteiger partial charge in [0.1, 0.15) is 5.75 Å². The van der Waals surface area contributed by atoms with Crippen molar-refractivity contribution in [3.05, 3.63) is 29.8 Å². The summed E-state index contributed by atoms with van der Waals surface area (Å²) in [5.74, 6) is 0.121. The lowest BCUT2D eigenvalue weighted by Crippen LogP contribution is -2.46. The van der Waals surface area contributed by atoms with Crippen LogP contribution in [-0.2, 0) is 26.0 Å². The van der Waals surface area contributed by atoms with Gasteiger partial charge >= 0.3 is 0 Å². The van der Waals surface area contributed by atoms with Crippen LogP contribution >= 0.6 is 0 Å². The molecule has 0 bridgehead atoms. The van der Waals surface area contributed by atoms with Crippen molar-refractivity contribution in [1.29, 1.82) is 0 Å². The largest absolute Gasteiger partial charge is 0.497 e. The van der Waals surface area contributed by atoms with Gasteiger partial charge in [0, 0.05) is 13.1 Å². The molecule has 8 heteroatoms. The van der Waals surface area contributed by atoms with E-state index >= 15 is 0 Å². The number of nitrogens with one attached hydrogen (secondary N) is 1. The molecule has 0 radical (unpaired) electrons. The number of amides is 1. The molecule has 2 rings (SSSR count). The van der Waals surface area contributed by atoms with Gasteiger partial charge in [-0.15, -0.1) is 0 Å². The fraction of sp³-hybridized carbons (Fsp3) is 0.500. The molecule has 1 saturated heterocycles. The molecule has 1 amide bonds. The highest BCUT2D eigenvalue weighted by atomic mass is 32.2. The molecular formula is C14H20N2O5S. The van der Waals surface area contributed by atoms with E-state index in [9.17, 15) is 13.2 Å². The monoisotopic (exact) mass is 328 g/mol. The van der Waals surface area contributed by atoms with Crippen LogP contribution in [0.1, 0.15) is 5.56 Å². The fourth-order valence-electron chi connectivity index (χ4n) is 2.08. The van der Waals surface area contributed by atoms with E-state index in [4.69, 9.17) is 9.47 Å². The van der Waals surface area contributed by atoms with E-state index in [0.29, 0.717) is 19.6 Å². The van der Waals surface area contributed by atoms with Crippen LogP contribution in [0.15, 0.2) is 24.3 Å². The van der Waals surface area contributed by atoms with Gasteiger partial charge in [-0.25, -0.2) is 8.42 Å². The minimum Gasteiger partial charge on any atom is -0.497 e. The summed E-state index contributed by atoms with van der Waals surface area (Å²) < 4.78 is 34.5. The normalized spacial score (nSPS) is 17.9. The number of rotatable bonds is 6. The second-order valence-electron chi connectivity index (χ2n) is 4.92. The molecule has 1 aromatic carbocycles. The predicted molar refractivity (Wildman–Crippen MR) is 81.0 cm³/mol. The Bertz CT molecular complexity index is 600. The molecule has 0 saturated carbocycles. The van der Waals surface area contributed by atoms with Crippen molar-refractivity contribution >= 4 is 15.9 Å². The number of carbonyl (C=O) groups is 1. The molecule has 1 aromatic rings. The molecule has 122 valence electrons. The highest BCUT2D eigenvalue weighted by Crippen LogP contribution is 2.11. The zero-order valence-corrected chi connectivity index (χ0v) is 13.3. The molecule has 0 aliphatic carbocycles. The van der Waals surface area contributed by atoms with Crippen LogP contribution in [0.3, 0.4) is 0 Å². The Morgan fingerprint density at radius 1 is 1.36 bits per heavy atom. The number of methoxy groups -OCH3 is 1. The number of hydrogen-bond donors (Lipinski definition) is 1. The summed E-state index contributed by atoms with van der Waals surface area (Å²) in [6.45, 7) is 0.830. The lowest BCUT2D eigenvalue weighted by Gasteiger charge is -2.25. The van der Waals surface area contributed by atoms with Crippen molar-refractivity contribution in [2.75, 3.05) is 39.3 Å². The average molecular weight is 328 g/mol. The maximum Gasteiger partial charge on any atom is 0.238 e. The van der Waals surface area contributed by atoms with E-state index in [1.54, 1.807) is 7.11 Å². The van der Waals surface area contributed by atoms with Crippen LogP contribution < -0.4 is 10.1 Å². The Morgan fingerprint density at radius 2 is 2.09 bits per heavy atom. The van der Waals surface area contributed by atoms with E-state index in [1.807, 2.05) is 24.3 Å². The number of carbonyl (C=O) groups excluding carboxylic acids is 1. The smallest absolute Gasteiger partial charge is 0.238 e. The Balaban J connectivity index is 1.75. The highest BCUT2D eigenvalue weighted by molar-refractivity contribution is 7.89. The molecule has 1 aliphatic rings. The van der Waals surface area contributed by atoms with E-state index in [2.05, 4.69) is 5.32 Å². The van der Waals surface area contributed by atoms with Crippen LogP contribution in [0.25, 0.3) is 0 Å². The van der Waals surface area contributed by atoms with E-state index in [1.165, 1.54) is 0 Å². The van der Waals surface area contributed by atoms with Crippen LogP contribution in [0.2, 0.25) is 0 Å². The summed E-state index contributed by atoms with van der Waals surface area (Å²) >= 11 is 0. The SMILES string of the molecule is COc1ccc(CCNC(=O)CN2CCOCS2(=O)=O)cc1. The zero-order valence-electron chi connectivity index (χ0n) is 12.4. The van der Waals surface area contributed by atoms with Crippen molar-refractivity contribution in [3.8, 4) is 5.75 Å². The van der Waals surface area contributed by atoms with Crippen LogP contribution in [-0.4, -0.2) is 57.9 Å². The first kappa shape index (κ1) is 16.7. The van der Waals surface area contributed by atoms with Crippen LogP contribution in [0.4, 0.5) is 0 Å². The van der Waals surface area contributed by atoms with Gasteiger partial charge in [0.2, 0.25) is 15.9 Å². The number of sulfonamides is 1. The van der Waals surface area contributed by atoms with Gasteiger partial charge in [-0.2, -0.15) is 4.31 Å². The number of nitrogens with zero attached hydrogens (tertiary/aromatic N) is 1. The predicted octanol–water partition coefficient (Wildman–Crippen LogP) is -0.0266. The van der Waals surface area contributed by atoms with Crippen molar-refractivity contribution in [2.24, 2.45) is 0 Å². The molecule has 1 heterocycles. The second kappa shape index (κ2) is 7.57. The lowest BCUT2D eigenvalue weighted by molar-refractivity contribution is -0.121. The highest BCUT2D eigenvalue weighted by Gasteiger charge is 2.27. The molecule has 0 atom stereocenters. The molecule has 1 fully saturated rings. The summed E-state index contributed by atoms with van der Waals surface area (Å²) in [4.78, 5) is 11.8. The lowest BCUT2D eigenvalue weighted by atomic mass is 10.1. The maximum absolute atomic E-state index is 11.8. The molecule has 0 unspecified atom stereocenters. The van der Waals surface area contributed by atoms with E-state index in [0.717, 1.165) is 15.6 Å². The zero-order chi connectivity index (χ0) is 16.0. The number of ether oxygens (including phenoxy) is 2. The van der Waals surface area contributed by atoms with Crippen molar-refractivity contribution in [2.45, 2.75) is 6.42 Å². The third-order valence-corrected chi connectivity index (χ3v) is 4.89. The average Bonchev–Trinajstić information content (AvgIpc) is 2.50. The van der Waals surface area contributed by atoms with Gasteiger partial charge in [-0.05, 0) is 24.1 Å². The summed E-state index contributed by atoms with van der Waals surface area (Å²) in [6, 6.07) is 7.57. The standard InChI is InChI=1S/C14H20N2O5S/c1-20-13-4-2-12(3-5-13)6-7-15-14(17)10-16-8-9-21-11-22(16,18)19/h2-5H,6-11H2,1H3,(H,15,17). The number of benzene rings is 1. The summed E-state index contributed by atoms with van der Waals surface area (Å²) in [6.07, 6.45) is 0.672. The third-order valence-electron chi connectivity index (χ3n) is 3.33. The van der Waals surface area contributed by atoms with Crippen LogP contribution in [0, 0.1) is 0 Å². The van der Waals surface area contributed by atoms with Crippen molar-refractivity contribution in [3.63, 3.8) is 0 Å². The maximum atomic E-state index is 11.8. The second-order valence-corrected chi connectivity index (χ2v) is 6.84. The number of hydrogen-bond acceptors (Lipinski definition) is 5. The first-order chi connectivity index (χ1) is 10.5. The van der Waals surface area contributed by atoms with Gasteiger partial charge in [-0.3, -0.25) is 4.79 Å². The molecule has 0 spiro atoms. The first-order valence-corrected chi connectivity index (χ1v) is 8.57. The van der Waals surface area contributed by atoms with E-state index < -0.39 is 10.0 Å². The van der Waals surface area contributed by atoms with E-state index in [-0.39, 0.29) is 24.9 Å².